The van der Waals surface area contributed by atoms with E-state index in [9.17, 15) is 9.90 Å². The average Bonchev–Trinajstić information content (AvgIpc) is 3.72. The molecule has 0 bridgehead atoms. The maximum absolute atomic E-state index is 15.5. The van der Waals surface area contributed by atoms with Gasteiger partial charge in [-0.2, -0.15) is 0 Å². The molecule has 3 saturated heterocycles. The van der Waals surface area contributed by atoms with Crippen molar-refractivity contribution in [3.8, 4) is 5.75 Å². The molecular formula is C43H40N6O6. The van der Waals surface area contributed by atoms with E-state index in [1.807, 2.05) is 102 Å². The summed E-state index contributed by atoms with van der Waals surface area (Å²) < 4.78 is 12.3. The number of fused-ring (bicyclic) bond motifs is 3. The number of aliphatic hydroxyl groups is 1. The second-order valence-electron chi connectivity index (χ2n) is 14.3. The van der Waals surface area contributed by atoms with Crippen LogP contribution in [0.4, 0.5) is 11.6 Å². The second-order valence-corrected chi connectivity index (χ2v) is 14.3. The molecule has 4 aromatic carbocycles. The molecule has 1 aromatic heterocycles. The molecule has 9 rings (SSSR count). The minimum absolute atomic E-state index is 0.123. The van der Waals surface area contributed by atoms with Crippen LogP contribution in [0, 0.1) is 5.92 Å². The van der Waals surface area contributed by atoms with E-state index in [4.69, 9.17) is 9.47 Å². The smallest absolute Gasteiger partial charge is 0.324 e. The van der Waals surface area contributed by atoms with Crippen LogP contribution in [0.15, 0.2) is 128 Å². The van der Waals surface area contributed by atoms with Crippen molar-refractivity contribution in [2.24, 2.45) is 5.92 Å². The molecule has 4 aliphatic heterocycles. The summed E-state index contributed by atoms with van der Waals surface area (Å²) in [6, 6.07) is 33.6. The summed E-state index contributed by atoms with van der Waals surface area (Å²) >= 11 is 0. The Bertz CT molecular complexity index is 2180. The zero-order chi connectivity index (χ0) is 37.5. The number of hydrogen-bond acceptors (Lipinski definition) is 10. The number of ether oxygens (including phenoxy) is 2. The number of amides is 2. The quantitative estimate of drug-likeness (QED) is 0.220. The van der Waals surface area contributed by atoms with Gasteiger partial charge in [0, 0.05) is 44.3 Å². The van der Waals surface area contributed by atoms with Crippen LogP contribution < -0.4 is 15.0 Å². The Morgan fingerprint density at radius 1 is 0.782 bits per heavy atom. The molecule has 278 valence electrons. The Kier molecular flexibility index (Phi) is 8.99. The molecular weight excluding hydrogens is 697 g/mol. The number of nitrogens with one attached hydrogen (secondary N) is 1. The fourth-order valence-electron chi connectivity index (χ4n) is 9.22. The summed E-state index contributed by atoms with van der Waals surface area (Å²) in [4.78, 5) is 60.4. The lowest BCUT2D eigenvalue weighted by Gasteiger charge is -2.46. The number of carbonyl (C=O) groups excluding carboxylic acids is 3. The van der Waals surface area contributed by atoms with Crippen LogP contribution in [0.5, 0.6) is 5.75 Å². The molecule has 6 atom stereocenters. The predicted octanol–water partition coefficient (Wildman–Crippen LogP) is 4.47. The molecule has 1 spiro atoms. The first kappa shape index (κ1) is 34.6. The number of rotatable bonds is 8. The van der Waals surface area contributed by atoms with Gasteiger partial charge < -0.3 is 29.7 Å². The lowest BCUT2D eigenvalue weighted by molar-refractivity contribution is -0.179. The fourth-order valence-corrected chi connectivity index (χ4v) is 9.22. The topological polar surface area (TPSA) is 137 Å². The molecule has 2 N–H and O–H groups in total. The van der Waals surface area contributed by atoms with E-state index in [1.54, 1.807) is 35.5 Å². The van der Waals surface area contributed by atoms with Gasteiger partial charge in [0.2, 0.25) is 17.8 Å². The first-order valence-corrected chi connectivity index (χ1v) is 18.6. The fraction of sp³-hybridized carbons (Fsp3) is 0.279. The molecule has 2 amide bonds. The van der Waals surface area contributed by atoms with Crippen LogP contribution in [0.3, 0.4) is 0 Å². The third-order valence-corrected chi connectivity index (χ3v) is 11.5. The predicted molar refractivity (Wildman–Crippen MR) is 203 cm³/mol. The normalized spacial score (nSPS) is 25.9. The number of para-hydroxylation sites is 1. The Morgan fingerprint density at radius 2 is 1.44 bits per heavy atom. The van der Waals surface area contributed by atoms with E-state index in [-0.39, 0.29) is 25.0 Å². The number of morpholine rings is 1. The summed E-state index contributed by atoms with van der Waals surface area (Å²) in [6.45, 7) is 1.66. The first-order valence-electron chi connectivity index (χ1n) is 18.6. The third kappa shape index (κ3) is 5.71. The largest absolute Gasteiger partial charge is 0.491 e. The summed E-state index contributed by atoms with van der Waals surface area (Å²) in [7, 11) is 0. The van der Waals surface area contributed by atoms with E-state index in [0.29, 0.717) is 49.1 Å². The second kappa shape index (κ2) is 14.3. The number of nitrogens with zero attached hydrogens (tertiary/aromatic N) is 5. The molecule has 3 fully saturated rings. The SMILES string of the molecule is O=C1O[C@H](c2ccccc2)[C@H](c2ccccc2)N2[C@H]1[C@@H](C(=O)N1CCN(c3ncccn3)CC1)[C@]1(C(=O)Nc3ccccc31)[C@H]2c1ccc(OCCO)cc1. The highest BCUT2D eigenvalue weighted by molar-refractivity contribution is 6.12. The van der Waals surface area contributed by atoms with Crippen LogP contribution in [0.1, 0.15) is 40.4 Å². The Hall–Kier alpha value is -6.11. The van der Waals surface area contributed by atoms with E-state index >= 15 is 9.59 Å². The summed E-state index contributed by atoms with van der Waals surface area (Å²) in [6.07, 6.45) is 2.64. The van der Waals surface area contributed by atoms with Crippen molar-refractivity contribution in [1.82, 2.24) is 19.8 Å². The van der Waals surface area contributed by atoms with E-state index in [1.165, 1.54) is 0 Å². The molecule has 0 unspecified atom stereocenters. The van der Waals surface area contributed by atoms with Crippen molar-refractivity contribution in [1.29, 1.82) is 0 Å². The molecule has 0 saturated carbocycles. The number of esters is 1. The van der Waals surface area contributed by atoms with Crippen molar-refractivity contribution in [2.75, 3.05) is 49.6 Å². The maximum Gasteiger partial charge on any atom is 0.324 e. The lowest BCUT2D eigenvalue weighted by Crippen LogP contribution is -2.58. The number of carbonyl (C=O) groups is 3. The highest BCUT2D eigenvalue weighted by Gasteiger charge is 2.74. The number of anilines is 2. The standard InChI is InChI=1S/C43H40N6O6/c50-26-27-54-31-18-16-30(17-19-31)38-43(32-14-7-8-15-33(32)46-41(43)53)34(39(51)47-22-24-48(25-23-47)42-44-20-9-21-45-42)36-40(52)55-37(29-12-5-2-6-13-29)35(49(36)38)28-10-3-1-4-11-28/h1-21,34-38,50H,22-27H2,(H,46,53)/t34-,35-,36-,37+,38+,43-/m0/s1. The number of cyclic esters (lactones) is 1. The third-order valence-electron chi connectivity index (χ3n) is 11.5. The summed E-state index contributed by atoms with van der Waals surface area (Å²) in [5.74, 6) is -1.21. The van der Waals surface area contributed by atoms with Gasteiger partial charge in [0.1, 0.15) is 29.9 Å². The zero-order valence-electron chi connectivity index (χ0n) is 30.0. The van der Waals surface area contributed by atoms with Gasteiger partial charge >= 0.3 is 5.97 Å². The van der Waals surface area contributed by atoms with Gasteiger partial charge in [0.05, 0.1) is 24.6 Å². The summed E-state index contributed by atoms with van der Waals surface area (Å²) in [5, 5.41) is 12.6. The Balaban J connectivity index is 1.24. The average molecular weight is 737 g/mol. The van der Waals surface area contributed by atoms with Crippen molar-refractivity contribution < 1.29 is 29.0 Å². The van der Waals surface area contributed by atoms with Crippen LogP contribution in [-0.4, -0.2) is 88.1 Å². The van der Waals surface area contributed by atoms with Crippen molar-refractivity contribution >= 4 is 29.4 Å². The number of piperazine rings is 1. The molecule has 0 aliphatic carbocycles. The van der Waals surface area contributed by atoms with Gasteiger partial charge in [-0.3, -0.25) is 19.3 Å². The lowest BCUT2D eigenvalue weighted by atomic mass is 9.65. The summed E-state index contributed by atoms with van der Waals surface area (Å²) in [5.41, 5.74) is 2.14. The first-order chi connectivity index (χ1) is 27.0. The van der Waals surface area contributed by atoms with Gasteiger partial charge in [-0.15, -0.1) is 0 Å². The van der Waals surface area contributed by atoms with Crippen LogP contribution in [-0.2, 0) is 24.5 Å². The zero-order valence-corrected chi connectivity index (χ0v) is 30.0. The number of aromatic nitrogens is 2. The molecule has 12 nitrogen and oxygen atoms in total. The van der Waals surface area contributed by atoms with Crippen LogP contribution >= 0.6 is 0 Å². The van der Waals surface area contributed by atoms with Crippen molar-refractivity contribution in [2.45, 2.75) is 29.6 Å². The van der Waals surface area contributed by atoms with Gasteiger partial charge in [-0.05, 0) is 46.5 Å². The van der Waals surface area contributed by atoms with Gasteiger partial charge in [0.25, 0.3) is 0 Å². The number of hydrogen-bond donors (Lipinski definition) is 2. The van der Waals surface area contributed by atoms with Gasteiger partial charge in [0.15, 0.2) is 0 Å². The van der Waals surface area contributed by atoms with Crippen molar-refractivity contribution in [3.05, 3.63) is 150 Å². The number of benzene rings is 4. The Morgan fingerprint density at radius 3 is 2.13 bits per heavy atom. The molecule has 12 heteroatoms. The highest BCUT2D eigenvalue weighted by Crippen LogP contribution is 2.65. The minimum atomic E-state index is -1.54. The maximum atomic E-state index is 15.5. The Labute approximate surface area is 318 Å². The van der Waals surface area contributed by atoms with Gasteiger partial charge in [-0.25, -0.2) is 9.97 Å². The number of aliphatic hydroxyl groups excluding tert-OH is 1. The van der Waals surface area contributed by atoms with E-state index in [2.05, 4.69) is 20.2 Å². The van der Waals surface area contributed by atoms with Crippen molar-refractivity contribution in [3.63, 3.8) is 0 Å². The van der Waals surface area contributed by atoms with E-state index in [0.717, 1.165) is 16.7 Å². The van der Waals surface area contributed by atoms with Crippen LogP contribution in [0.25, 0.3) is 0 Å². The minimum Gasteiger partial charge on any atom is -0.491 e. The molecule has 5 heterocycles. The highest BCUT2D eigenvalue weighted by atomic mass is 16.6. The molecule has 5 aromatic rings. The van der Waals surface area contributed by atoms with Gasteiger partial charge in [-0.1, -0.05) is 91.0 Å². The van der Waals surface area contributed by atoms with E-state index < -0.39 is 41.5 Å². The molecule has 4 aliphatic rings. The molecule has 55 heavy (non-hydrogen) atoms. The molecule has 0 radical (unpaired) electrons. The van der Waals surface area contributed by atoms with Crippen LogP contribution in [0.2, 0.25) is 0 Å². The monoisotopic (exact) mass is 736 g/mol.